The molecule has 0 spiro atoms. The number of nitrogens with zero attached hydrogens (tertiary/aromatic N) is 2. The number of anilines is 1. The molecule has 3 aliphatic heterocycles. The van der Waals surface area contributed by atoms with E-state index in [-0.39, 0.29) is 84.7 Å². The van der Waals surface area contributed by atoms with Crippen LogP contribution >= 0.6 is 12.2 Å². The third-order valence-corrected chi connectivity index (χ3v) is 16.4. The van der Waals surface area contributed by atoms with Gasteiger partial charge in [-0.3, -0.25) is 19.2 Å². The minimum Gasteiger partial charge on any atom is -1.00 e. The predicted octanol–water partition coefficient (Wildman–Crippen LogP) is 5.22. The SMILES string of the molecule is CCC1(O)CC(OC2CC(N(C)C)C(OC3CC(O)C(OC4CCC(=O)C(C)O4)C(C)O3)C(C)O2)c2c(cc3c(c2O)C(=O)c2c(O)cccc2C3=O)C1C(=O)OC.Cc1cccc(N(C)C(=S)Oc2ccc3ccccc3c2)c1.[Cl-].[H+]. The molecule has 5 aliphatic rings. The van der Waals surface area contributed by atoms with Crippen LogP contribution in [0, 0.1) is 6.92 Å². The topological polar surface area (TPSA) is 230 Å². The third-order valence-electron chi connectivity index (χ3n) is 16.0. The van der Waals surface area contributed by atoms with E-state index in [1.165, 1.54) is 42.3 Å². The van der Waals surface area contributed by atoms with Gasteiger partial charge in [-0.15, -0.1) is 0 Å². The number of phenolic OH excluding ortho intramolecular Hbond substituents is 2. The minimum absolute atomic E-state index is 0. The number of carbonyl (C=O) groups excluding carboxylic acids is 4. The van der Waals surface area contributed by atoms with Gasteiger partial charge in [0.2, 0.25) is 5.78 Å². The number of halogens is 1. The molecule has 3 heterocycles. The number of ether oxygens (including phenoxy) is 8. The Morgan fingerprint density at radius 1 is 0.790 bits per heavy atom. The number of fused-ring (bicyclic) bond motifs is 4. The number of benzene rings is 5. The molecule has 13 unspecified atom stereocenters. The van der Waals surface area contributed by atoms with Crippen molar-refractivity contribution in [3.63, 3.8) is 0 Å². The van der Waals surface area contributed by atoms with Crippen molar-refractivity contribution in [3.8, 4) is 17.2 Å². The molecule has 5 aromatic carbocycles. The quantitative estimate of drug-likeness (QED) is 0.0963. The predicted molar refractivity (Wildman–Crippen MR) is 299 cm³/mol. The maximum Gasteiger partial charge on any atom is 1.00 e. The van der Waals surface area contributed by atoms with Crippen LogP contribution in [0.5, 0.6) is 17.2 Å². The molecule has 4 N–H and O–H groups in total. The molecular weight excluding hydrogens is 1080 g/mol. The number of Topliss-reactive ketones (excluding diaryl/α,β-unsaturated/α-hetero) is 1. The van der Waals surface area contributed by atoms with Crippen LogP contribution in [0.3, 0.4) is 0 Å². The molecule has 0 saturated carbocycles. The number of thiocarbonyl (C=S) groups is 1. The first-order valence-electron chi connectivity index (χ1n) is 27.0. The lowest BCUT2D eigenvalue weighted by atomic mass is 9.67. The molecule has 0 bridgehead atoms. The van der Waals surface area contributed by atoms with Gasteiger partial charge in [0.25, 0.3) is 5.17 Å². The van der Waals surface area contributed by atoms with Crippen molar-refractivity contribution in [1.82, 2.24) is 4.90 Å². The van der Waals surface area contributed by atoms with Crippen LogP contribution in [-0.2, 0) is 42.7 Å². The molecule has 81 heavy (non-hydrogen) atoms. The molecule has 5 aromatic rings. The standard InChI is InChI=1S/C42H53NO15.C19H17NOS.ClH/c1-8-42(51)17-28(33-22(35(42)41(50)52-7)14-23-34(38(33)49)37(48)32-21(36(23)47)10-9-11-26(32)45)56-30-15-24(43(5)6)39(19(3)54-30)58-31-16-27(46)40(20(4)55-31)57-29-13-12-25(44)18(2)53-29;1-14-6-5-9-17(12-14)20(2)19(22)21-18-11-10-15-7-3-4-8-16(15)13-18;/h9-11,14,18-20,24,27-31,35,39-40,45-46,49,51H,8,12-13,15-17H2,1-7H3;3-13H,1-2H3;1H. The average molecular weight is 1160 g/mol. The smallest absolute Gasteiger partial charge is 1.00 e. The van der Waals surface area contributed by atoms with Crippen molar-refractivity contribution in [3.05, 3.63) is 130 Å². The molecule has 20 heteroatoms. The number of hydrogen-bond acceptors (Lipinski definition) is 18. The van der Waals surface area contributed by atoms with Gasteiger partial charge in [0, 0.05) is 67.6 Å². The van der Waals surface area contributed by atoms with E-state index in [9.17, 15) is 39.6 Å². The van der Waals surface area contributed by atoms with Crippen LogP contribution in [0.2, 0.25) is 0 Å². The number of esters is 1. The molecule has 434 valence electrons. The van der Waals surface area contributed by atoms with Gasteiger partial charge in [0.05, 0.1) is 48.3 Å². The van der Waals surface area contributed by atoms with Gasteiger partial charge in [0.15, 0.2) is 30.4 Å². The number of aliphatic hydroxyl groups excluding tert-OH is 1. The Morgan fingerprint density at radius 2 is 1.47 bits per heavy atom. The van der Waals surface area contributed by atoms with E-state index in [2.05, 4.69) is 31.2 Å². The van der Waals surface area contributed by atoms with Crippen molar-refractivity contribution in [2.24, 2.45) is 0 Å². The van der Waals surface area contributed by atoms with Crippen LogP contribution in [0.1, 0.15) is 128 Å². The largest absolute Gasteiger partial charge is 1.00 e. The Labute approximate surface area is 484 Å². The van der Waals surface area contributed by atoms with Crippen LogP contribution in [-0.4, -0.2) is 149 Å². The Morgan fingerprint density at radius 3 is 2.14 bits per heavy atom. The number of aromatic hydroxyl groups is 2. The van der Waals surface area contributed by atoms with Crippen LogP contribution < -0.4 is 22.0 Å². The summed E-state index contributed by atoms with van der Waals surface area (Å²) in [6.07, 6.45) is -6.64. The number of likely N-dealkylation sites (N-methyl/N-ethyl adjacent to an activating group) is 1. The maximum atomic E-state index is 13.9. The van der Waals surface area contributed by atoms with E-state index >= 15 is 0 Å². The summed E-state index contributed by atoms with van der Waals surface area (Å²) in [5.74, 6) is -3.84. The van der Waals surface area contributed by atoms with E-state index in [0.717, 1.165) is 16.8 Å². The number of ketones is 3. The van der Waals surface area contributed by atoms with Crippen LogP contribution in [0.15, 0.2) is 91.0 Å². The Hall–Kier alpha value is -5.94. The minimum atomic E-state index is -1.76. The number of aryl methyl sites for hydroxylation is 1. The van der Waals surface area contributed by atoms with Crippen molar-refractivity contribution in [1.29, 1.82) is 0 Å². The zero-order chi connectivity index (χ0) is 57.5. The second-order valence-electron chi connectivity index (χ2n) is 21.6. The maximum absolute atomic E-state index is 13.9. The fraction of sp³-hybridized carbons (Fsp3) is 0.459. The van der Waals surface area contributed by atoms with Crippen molar-refractivity contribution in [2.45, 2.75) is 152 Å². The lowest BCUT2D eigenvalue weighted by Gasteiger charge is -2.48. The van der Waals surface area contributed by atoms with Gasteiger partial charge in [-0.2, -0.15) is 0 Å². The summed E-state index contributed by atoms with van der Waals surface area (Å²) in [6.45, 7) is 9.01. The Bertz CT molecular complexity index is 3170. The summed E-state index contributed by atoms with van der Waals surface area (Å²) in [7, 11) is 6.83. The molecular formula is C61H71ClN2O16S. The molecule has 2 aliphatic carbocycles. The molecule has 18 nitrogen and oxygen atoms in total. The van der Waals surface area contributed by atoms with Gasteiger partial charge >= 0.3 is 7.40 Å². The van der Waals surface area contributed by atoms with Gasteiger partial charge < -0.3 is 80.5 Å². The number of hydrogen-bond donors (Lipinski definition) is 4. The van der Waals surface area contributed by atoms with Gasteiger partial charge in [-0.05, 0) is 119 Å². The van der Waals surface area contributed by atoms with Crippen molar-refractivity contribution >= 4 is 57.2 Å². The van der Waals surface area contributed by atoms with E-state index in [4.69, 9.17) is 50.1 Å². The first kappa shape index (κ1) is 61.1. The highest BCUT2D eigenvalue weighted by atomic mass is 35.5. The monoisotopic (exact) mass is 1150 g/mol. The molecule has 10 rings (SSSR count). The summed E-state index contributed by atoms with van der Waals surface area (Å²) in [5.41, 5.74) is -0.283. The Balaban J connectivity index is 0.000000337. The molecule has 0 amide bonds. The van der Waals surface area contributed by atoms with Gasteiger partial charge in [-0.25, -0.2) is 0 Å². The highest BCUT2D eigenvalue weighted by molar-refractivity contribution is 7.80. The molecule has 0 radical (unpaired) electrons. The fourth-order valence-electron chi connectivity index (χ4n) is 11.6. The second kappa shape index (κ2) is 25.3. The van der Waals surface area contributed by atoms with E-state index in [0.29, 0.717) is 18.0 Å². The molecule has 3 saturated heterocycles. The first-order valence-corrected chi connectivity index (χ1v) is 27.4. The van der Waals surface area contributed by atoms with E-state index < -0.39 is 102 Å². The lowest BCUT2D eigenvalue weighted by Crippen LogP contribution is -3.00. The van der Waals surface area contributed by atoms with E-state index in [1.807, 2.05) is 73.4 Å². The Kier molecular flexibility index (Phi) is 19.1. The number of methoxy groups -OCH3 is 1. The first-order chi connectivity index (χ1) is 38.1. The average Bonchev–Trinajstić information content (AvgIpc) is 2.61. The number of phenols is 2. The third kappa shape index (κ3) is 12.5. The van der Waals surface area contributed by atoms with Gasteiger partial charge in [-0.1, -0.05) is 61.5 Å². The zero-order valence-electron chi connectivity index (χ0n) is 47.7. The highest BCUT2D eigenvalue weighted by Gasteiger charge is 2.54. The number of carbonyl (C=O) groups is 4. The second-order valence-corrected chi connectivity index (χ2v) is 21.9. The fourth-order valence-corrected chi connectivity index (χ4v) is 11.8. The van der Waals surface area contributed by atoms with Crippen molar-refractivity contribution < 1.29 is 91.3 Å². The lowest BCUT2D eigenvalue weighted by molar-refractivity contribution is -0.324. The van der Waals surface area contributed by atoms with Crippen LogP contribution in [0.25, 0.3) is 10.8 Å². The normalized spacial score (nSPS) is 28.8. The number of rotatable bonds is 11. The van der Waals surface area contributed by atoms with Crippen molar-refractivity contribution in [2.75, 3.05) is 33.2 Å². The number of aliphatic hydroxyl groups is 2. The molecule has 3 fully saturated rings. The highest BCUT2D eigenvalue weighted by Crippen LogP contribution is 2.54. The van der Waals surface area contributed by atoms with E-state index in [1.54, 1.807) is 27.7 Å². The van der Waals surface area contributed by atoms with Gasteiger partial charge in [0.1, 0.15) is 41.5 Å². The summed E-state index contributed by atoms with van der Waals surface area (Å²) in [5, 5.41) is 48.6. The summed E-state index contributed by atoms with van der Waals surface area (Å²) >= 11 is 5.41. The van der Waals surface area contributed by atoms with Crippen LogP contribution in [0.4, 0.5) is 5.69 Å². The molecule has 0 aromatic heterocycles. The summed E-state index contributed by atoms with van der Waals surface area (Å²) in [4.78, 5) is 56.9. The summed E-state index contributed by atoms with van der Waals surface area (Å²) in [6, 6.07) is 27.5. The zero-order valence-corrected chi connectivity index (χ0v) is 48.3. The summed E-state index contributed by atoms with van der Waals surface area (Å²) < 4.78 is 48.5. The molecule has 13 atom stereocenters.